The van der Waals surface area contributed by atoms with E-state index < -0.39 is 90.1 Å². The molecule has 0 saturated carbocycles. The molecular weight excluding hydrogens is 867 g/mol. The van der Waals surface area contributed by atoms with Crippen molar-refractivity contribution in [3.63, 3.8) is 0 Å². The molecule has 1 fully saturated rings. The van der Waals surface area contributed by atoms with Crippen LogP contribution in [0, 0.1) is 11.3 Å². The van der Waals surface area contributed by atoms with Gasteiger partial charge in [0.1, 0.15) is 43.1 Å². The van der Waals surface area contributed by atoms with Crippen LogP contribution in [0.2, 0.25) is 0 Å². The molecule has 0 radical (unpaired) electrons. The highest BCUT2D eigenvalue weighted by molar-refractivity contribution is 7.80. The topological polar surface area (TPSA) is 360 Å². The lowest BCUT2D eigenvalue weighted by molar-refractivity contribution is -0.137. The number of phosphoric ester groups is 3. The van der Waals surface area contributed by atoms with E-state index >= 15 is 0 Å². The highest BCUT2D eigenvalue weighted by Crippen LogP contribution is 2.61. The number of allylic oxidation sites excluding steroid dienone is 1. The first-order valence-corrected chi connectivity index (χ1v) is 23.5. The molecule has 10 N–H and O–H groups in total. The number of aliphatic hydroxyl groups excluding tert-OH is 2. The summed E-state index contributed by atoms with van der Waals surface area (Å²) in [5.41, 5.74) is 2.67. The van der Waals surface area contributed by atoms with Crippen LogP contribution in [0.5, 0.6) is 0 Å². The summed E-state index contributed by atoms with van der Waals surface area (Å²) in [4.78, 5) is 90.6. The predicted octanol–water partition coefficient (Wildman–Crippen LogP) is -0.109. The number of thiol groups is 1. The van der Waals surface area contributed by atoms with E-state index in [0.717, 1.165) is 25.6 Å². The van der Waals surface area contributed by atoms with E-state index in [0.29, 0.717) is 24.6 Å². The number of nitrogens with two attached hydrogens (primary N) is 1. The minimum Gasteiger partial charge on any atom is -0.386 e. The smallest absolute Gasteiger partial charge is 0.386 e. The van der Waals surface area contributed by atoms with Gasteiger partial charge in [-0.15, -0.1) is 0 Å². The van der Waals surface area contributed by atoms with E-state index in [2.05, 4.69) is 56.4 Å². The van der Waals surface area contributed by atoms with E-state index in [-0.39, 0.29) is 37.1 Å². The second-order valence-corrected chi connectivity index (χ2v) is 19.4. The molecule has 2 amide bonds. The Morgan fingerprint density at radius 1 is 1.12 bits per heavy atom. The number of aliphatic hydroxyl groups is 2. The molecule has 3 aliphatic heterocycles. The normalized spacial score (nSPS) is 25.9. The largest absolute Gasteiger partial charge is 0.481 e. The van der Waals surface area contributed by atoms with Crippen molar-refractivity contribution < 1.29 is 80.5 Å². The predicted molar refractivity (Wildman–Crippen MR) is 213 cm³/mol. The van der Waals surface area contributed by atoms with Gasteiger partial charge in [-0.25, -0.2) is 23.7 Å². The first kappa shape index (κ1) is 51.1. The molecule has 0 aromatic carbocycles. The summed E-state index contributed by atoms with van der Waals surface area (Å²) in [5, 5.41) is 26.5. The molecule has 0 spiro atoms. The summed E-state index contributed by atoms with van der Waals surface area (Å²) in [6.45, 7) is 4.49. The van der Waals surface area contributed by atoms with Crippen molar-refractivity contribution in [3.05, 3.63) is 12.2 Å². The summed E-state index contributed by atoms with van der Waals surface area (Å²) in [6, 6.07) is 0. The third kappa shape index (κ3) is 15.2. The summed E-state index contributed by atoms with van der Waals surface area (Å²) in [6.07, 6.45) is -1.86. The molecule has 0 aromatic rings. The van der Waals surface area contributed by atoms with Gasteiger partial charge in [0.05, 0.1) is 13.2 Å². The van der Waals surface area contributed by atoms with Gasteiger partial charge in [-0.05, 0) is 24.8 Å². The molecule has 28 heteroatoms. The minimum atomic E-state index is -5.61. The van der Waals surface area contributed by atoms with E-state index in [4.69, 9.17) is 24.0 Å². The molecule has 0 aromatic heterocycles. The molecule has 3 aliphatic rings. The van der Waals surface area contributed by atoms with Gasteiger partial charge in [-0.3, -0.25) is 38.7 Å². The Labute approximate surface area is 345 Å². The van der Waals surface area contributed by atoms with Crippen molar-refractivity contribution in [2.75, 3.05) is 38.7 Å². The maximum atomic E-state index is 13.2. The van der Waals surface area contributed by atoms with Gasteiger partial charge in [-0.1, -0.05) is 46.6 Å². The molecule has 1 saturated heterocycles. The van der Waals surface area contributed by atoms with Gasteiger partial charge >= 0.3 is 23.5 Å². The molecule has 24 nitrogen and oxygen atoms in total. The molecule has 336 valence electrons. The van der Waals surface area contributed by atoms with Gasteiger partial charge in [0.2, 0.25) is 23.3 Å². The Kier molecular flexibility index (Phi) is 18.8. The summed E-state index contributed by atoms with van der Waals surface area (Å²) < 4.78 is 61.7. The Hall–Kier alpha value is -2.28. The zero-order chi connectivity index (χ0) is 44.4. The van der Waals surface area contributed by atoms with E-state index in [1.165, 1.54) is 24.8 Å². The maximum Gasteiger partial charge on any atom is 0.481 e. The van der Waals surface area contributed by atoms with E-state index in [9.17, 15) is 57.9 Å². The van der Waals surface area contributed by atoms with Crippen molar-refractivity contribution >= 4 is 71.6 Å². The number of ketones is 1. The number of amides is 2. The van der Waals surface area contributed by atoms with Gasteiger partial charge in [-0.2, -0.15) is 16.9 Å². The summed E-state index contributed by atoms with van der Waals surface area (Å²) in [7, 11) is -16.5. The number of amidine groups is 1. The molecule has 3 heterocycles. The lowest BCUT2D eigenvalue weighted by atomic mass is 9.87. The minimum absolute atomic E-state index is 0.0888. The number of hydrogen-bond donors (Lipinski definition) is 10. The zero-order valence-electron chi connectivity index (χ0n) is 32.8. The number of phosphoric acid groups is 3. The zero-order valence-corrected chi connectivity index (χ0v) is 36.4. The first-order valence-electron chi connectivity index (χ1n) is 18.3. The third-order valence-corrected chi connectivity index (χ3v) is 12.2. The molecule has 0 aliphatic carbocycles. The SMILES string of the molecule is CC(C)CCCCC=CC(=O)C1(N)N=CN=C2C1=NCN2[C@@H]1O[C@H](COP(=O)(O)OP(=O)(O)OCC(C)(C)[C@@H](O)C(=O)NCCC(=O)NCCS)[C@@H](OP(=O)(O)O)[C@H]1O. The number of fused-ring (bicyclic) bond motifs is 1. The van der Waals surface area contributed by atoms with Crippen LogP contribution in [0.1, 0.15) is 59.8 Å². The second kappa shape index (κ2) is 21.7. The van der Waals surface area contributed by atoms with Crippen LogP contribution in [0.15, 0.2) is 27.1 Å². The van der Waals surface area contributed by atoms with Crippen LogP contribution in [0.4, 0.5) is 0 Å². The highest BCUT2D eigenvalue weighted by atomic mass is 32.1. The van der Waals surface area contributed by atoms with Gasteiger partial charge < -0.3 is 50.1 Å². The van der Waals surface area contributed by atoms with Crippen LogP contribution >= 0.6 is 36.1 Å². The van der Waals surface area contributed by atoms with Crippen molar-refractivity contribution in [1.29, 1.82) is 0 Å². The highest BCUT2D eigenvalue weighted by Gasteiger charge is 2.55. The quantitative estimate of drug-likeness (QED) is 0.0247. The number of nitrogens with zero attached hydrogens (tertiary/aromatic N) is 4. The summed E-state index contributed by atoms with van der Waals surface area (Å²) in [5.74, 6) is -1.10. The Balaban J connectivity index is 1.63. The number of carbonyl (C=O) groups excluding carboxylic acids is 3. The van der Waals surface area contributed by atoms with Gasteiger partial charge in [0.25, 0.3) is 0 Å². The number of nitrogens with one attached hydrogen (secondary N) is 2. The van der Waals surface area contributed by atoms with Crippen LogP contribution in [-0.4, -0.2) is 145 Å². The number of rotatable bonds is 25. The fourth-order valence-corrected chi connectivity index (χ4v) is 8.64. The number of aliphatic imine (C=N–C) groups is 3. The average molecular weight is 922 g/mol. The second-order valence-electron chi connectivity index (χ2n) is 14.7. The van der Waals surface area contributed by atoms with Gasteiger partial charge in [0, 0.05) is 30.7 Å². The number of hydrogen-bond acceptors (Lipinski definition) is 19. The van der Waals surface area contributed by atoms with Crippen LogP contribution in [0.25, 0.3) is 0 Å². The van der Waals surface area contributed by atoms with Crippen LogP contribution < -0.4 is 16.4 Å². The van der Waals surface area contributed by atoms with Crippen LogP contribution in [0.3, 0.4) is 0 Å². The van der Waals surface area contributed by atoms with Crippen LogP contribution in [-0.2, 0) is 50.7 Å². The monoisotopic (exact) mass is 921 g/mol. The molecule has 8 atom stereocenters. The molecule has 3 rings (SSSR count). The molecule has 3 unspecified atom stereocenters. The average Bonchev–Trinajstić information content (AvgIpc) is 3.70. The number of carbonyl (C=O) groups is 3. The molecular formula is C31H54N7O17P3S. The summed E-state index contributed by atoms with van der Waals surface area (Å²) >= 11 is 3.96. The molecule has 59 heavy (non-hydrogen) atoms. The van der Waals surface area contributed by atoms with Crippen molar-refractivity contribution in [1.82, 2.24) is 15.5 Å². The molecule has 0 bridgehead atoms. The Morgan fingerprint density at radius 2 is 1.80 bits per heavy atom. The number of unbranched alkanes of at least 4 members (excludes halogenated alkanes) is 2. The fourth-order valence-electron chi connectivity index (χ4n) is 5.70. The van der Waals surface area contributed by atoms with Crippen molar-refractivity contribution in [3.8, 4) is 0 Å². The van der Waals surface area contributed by atoms with Crippen molar-refractivity contribution in [2.24, 2.45) is 32.0 Å². The number of ether oxygens (including phenoxy) is 1. The Morgan fingerprint density at radius 3 is 2.44 bits per heavy atom. The fraction of sp³-hybridized carbons (Fsp3) is 0.742. The van der Waals surface area contributed by atoms with E-state index in [1.54, 1.807) is 6.08 Å². The van der Waals surface area contributed by atoms with E-state index in [1.807, 2.05) is 0 Å². The third-order valence-electron chi connectivity index (χ3n) is 8.87. The Bertz CT molecular complexity index is 1780. The lowest BCUT2D eigenvalue weighted by Gasteiger charge is -2.31. The maximum absolute atomic E-state index is 13.2. The van der Waals surface area contributed by atoms with Gasteiger partial charge in [0.15, 0.2) is 12.1 Å². The standard InChI is InChI=1S/C31H54N7O17P3S/c1-19(2)9-7-5-6-8-10-21(39)31(32)25-27(35-17-37-31)38(18-36-25)29-23(41)24(54-56(44,45)46)20(53-29)15-51-57(47,48)55-58(49,50)52-16-30(3,4)26(42)28(43)34-12-11-22(40)33-13-14-59/h8,10,17,19-20,23-24,26,29,41-42,59H,5-7,9,11-16,18,32H2,1-4H3,(H,33,40)(H,34,43)(H,47,48)(H,49,50)(H2,44,45,46)/t20-,23-,24-,26+,29-,31?/m1/s1. The first-order chi connectivity index (χ1) is 27.3. The lowest BCUT2D eigenvalue weighted by Crippen LogP contribution is -2.59. The van der Waals surface area contributed by atoms with Crippen molar-refractivity contribution in [2.45, 2.75) is 96.1 Å².